The molecule has 4 aliphatic carbocycles. The zero-order valence-electron chi connectivity index (χ0n) is 15.6. The lowest BCUT2D eigenvalue weighted by Crippen LogP contribution is -2.54. The largest absolute Gasteiger partial charge is 0.396 e. The van der Waals surface area contributed by atoms with E-state index in [9.17, 15) is 4.79 Å². The van der Waals surface area contributed by atoms with Gasteiger partial charge in [0, 0.05) is 13.0 Å². The minimum atomic E-state index is 0.0883. The van der Waals surface area contributed by atoms with Gasteiger partial charge in [-0.3, -0.25) is 4.79 Å². The molecule has 2 N–H and O–H groups in total. The fraction of sp³-hybridized carbons (Fsp3) is 0.773. The number of Topliss-reactive ketones (excluding diaryl/α,β-unsaturated/α-hetero) is 1. The molecule has 6 atom stereocenters. The first kappa shape index (κ1) is 16.1. The van der Waals surface area contributed by atoms with Crippen LogP contribution in [0.1, 0.15) is 65.2 Å². The third kappa shape index (κ3) is 1.83. The Hall–Kier alpha value is -1.09. The number of ether oxygens (including phenoxy) is 1. The molecule has 3 fully saturated rings. The molecule has 1 saturated heterocycles. The minimum Gasteiger partial charge on any atom is -0.396 e. The highest BCUT2D eigenvalue weighted by molar-refractivity contribution is 5.97. The zero-order valence-corrected chi connectivity index (χ0v) is 15.6. The standard InChI is InChI=1S/C22H31NO2/c1-20-10-8-18(24)19(23)17(20)5-4-14-15(20)6-11-21(2)16(14)7-12-22(21)9-3-13-25-22/h4-5,14-16H,3,6-13,23H2,1-2H3/t14-,15+,16+,20-,21+,22?/m1/s1. The summed E-state index contributed by atoms with van der Waals surface area (Å²) < 4.78 is 6.42. The minimum absolute atomic E-state index is 0.0883. The predicted octanol–water partition coefficient (Wildman–Crippen LogP) is 4.13. The SMILES string of the molecule is C[C@]12CCC(=O)C(N)=C1C=C[C@@H]1[C@@H]2CC[C@@]2(C)[C@H]1CCC21CCCO1. The van der Waals surface area contributed by atoms with E-state index in [0.717, 1.165) is 24.5 Å². The fourth-order valence-corrected chi connectivity index (χ4v) is 7.62. The second kappa shape index (κ2) is 5.00. The van der Waals surface area contributed by atoms with Crippen molar-refractivity contribution < 1.29 is 9.53 Å². The van der Waals surface area contributed by atoms with Crippen molar-refractivity contribution in [3.8, 4) is 0 Å². The molecule has 2 saturated carbocycles. The Kier molecular flexibility index (Phi) is 3.22. The highest BCUT2D eigenvalue weighted by atomic mass is 16.5. The summed E-state index contributed by atoms with van der Waals surface area (Å²) in [6, 6.07) is 0. The van der Waals surface area contributed by atoms with Crippen molar-refractivity contribution in [2.45, 2.75) is 70.8 Å². The molecule has 25 heavy (non-hydrogen) atoms. The number of hydrogen-bond acceptors (Lipinski definition) is 3. The Morgan fingerprint density at radius 3 is 2.68 bits per heavy atom. The third-order valence-electron chi connectivity index (χ3n) is 9.11. The molecule has 3 heteroatoms. The van der Waals surface area contributed by atoms with Gasteiger partial charge < -0.3 is 10.5 Å². The van der Waals surface area contributed by atoms with Crippen LogP contribution in [0.15, 0.2) is 23.4 Å². The van der Waals surface area contributed by atoms with E-state index in [2.05, 4.69) is 26.0 Å². The lowest BCUT2D eigenvalue weighted by atomic mass is 9.48. The van der Waals surface area contributed by atoms with Gasteiger partial charge in [-0.2, -0.15) is 0 Å². The van der Waals surface area contributed by atoms with Gasteiger partial charge in [0.25, 0.3) is 0 Å². The monoisotopic (exact) mass is 341 g/mol. The summed E-state index contributed by atoms with van der Waals surface area (Å²) in [6.45, 7) is 5.85. The topological polar surface area (TPSA) is 52.3 Å². The second-order valence-electron chi connectivity index (χ2n) is 9.76. The van der Waals surface area contributed by atoms with E-state index in [1.165, 1.54) is 38.5 Å². The maximum atomic E-state index is 12.1. The van der Waals surface area contributed by atoms with E-state index in [1.807, 2.05) is 0 Å². The Balaban J connectivity index is 1.56. The molecule has 0 aromatic carbocycles. The molecule has 1 aliphatic heterocycles. The van der Waals surface area contributed by atoms with Crippen molar-refractivity contribution in [1.29, 1.82) is 0 Å². The average Bonchev–Trinajstić information content (AvgIpc) is 3.18. The molecular formula is C22H31NO2. The molecule has 1 spiro atoms. The van der Waals surface area contributed by atoms with Crippen LogP contribution in [0, 0.1) is 28.6 Å². The van der Waals surface area contributed by atoms with Crippen LogP contribution >= 0.6 is 0 Å². The Labute approximate surface area is 151 Å². The lowest BCUT2D eigenvalue weighted by Gasteiger charge is -2.57. The zero-order chi connectivity index (χ0) is 17.4. The number of carbonyl (C=O) groups excluding carboxylic acids is 1. The first-order valence-electron chi connectivity index (χ1n) is 10.3. The summed E-state index contributed by atoms with van der Waals surface area (Å²) in [5.41, 5.74) is 8.46. The first-order chi connectivity index (χ1) is 11.9. The molecule has 0 bridgehead atoms. The van der Waals surface area contributed by atoms with Crippen LogP contribution in [0.25, 0.3) is 0 Å². The smallest absolute Gasteiger partial charge is 0.178 e. The summed E-state index contributed by atoms with van der Waals surface area (Å²) in [4.78, 5) is 12.1. The van der Waals surface area contributed by atoms with Gasteiger partial charge in [-0.05, 0) is 79.1 Å². The normalized spacial score (nSPS) is 51.6. The number of ketones is 1. The maximum absolute atomic E-state index is 12.1. The Morgan fingerprint density at radius 2 is 1.92 bits per heavy atom. The number of nitrogens with two attached hydrogens (primary N) is 1. The fourth-order valence-electron chi connectivity index (χ4n) is 7.62. The highest BCUT2D eigenvalue weighted by Gasteiger charge is 2.65. The molecule has 0 amide bonds. The lowest BCUT2D eigenvalue weighted by molar-refractivity contribution is -0.126. The van der Waals surface area contributed by atoms with E-state index in [-0.39, 0.29) is 16.8 Å². The summed E-state index contributed by atoms with van der Waals surface area (Å²) in [5.74, 6) is 2.12. The van der Waals surface area contributed by atoms with Gasteiger partial charge >= 0.3 is 0 Å². The number of allylic oxidation sites excluding steroid dienone is 4. The summed E-state index contributed by atoms with van der Waals surface area (Å²) in [5, 5.41) is 0. The van der Waals surface area contributed by atoms with E-state index in [1.54, 1.807) is 0 Å². The quantitative estimate of drug-likeness (QED) is 0.721. The molecule has 5 aliphatic rings. The Morgan fingerprint density at radius 1 is 1.12 bits per heavy atom. The highest BCUT2D eigenvalue weighted by Crippen LogP contribution is 2.68. The molecule has 1 heterocycles. The van der Waals surface area contributed by atoms with Crippen molar-refractivity contribution in [2.75, 3.05) is 6.61 Å². The van der Waals surface area contributed by atoms with Crippen molar-refractivity contribution in [3.05, 3.63) is 23.4 Å². The van der Waals surface area contributed by atoms with E-state index >= 15 is 0 Å². The molecule has 3 nitrogen and oxygen atoms in total. The number of carbonyl (C=O) groups is 1. The van der Waals surface area contributed by atoms with Crippen LogP contribution in [-0.2, 0) is 9.53 Å². The number of hydrogen-bond donors (Lipinski definition) is 1. The second-order valence-corrected chi connectivity index (χ2v) is 9.76. The van der Waals surface area contributed by atoms with Crippen molar-refractivity contribution in [3.63, 3.8) is 0 Å². The van der Waals surface area contributed by atoms with Crippen molar-refractivity contribution in [1.82, 2.24) is 0 Å². The van der Waals surface area contributed by atoms with Gasteiger partial charge in [-0.15, -0.1) is 0 Å². The molecular weight excluding hydrogens is 310 g/mol. The van der Waals surface area contributed by atoms with E-state index in [0.29, 0.717) is 29.4 Å². The Bertz CT molecular complexity index is 686. The summed E-state index contributed by atoms with van der Waals surface area (Å²) in [6.07, 6.45) is 13.8. The molecule has 5 rings (SSSR count). The van der Waals surface area contributed by atoms with Crippen molar-refractivity contribution >= 4 is 5.78 Å². The van der Waals surface area contributed by atoms with E-state index < -0.39 is 0 Å². The van der Waals surface area contributed by atoms with Crippen LogP contribution in [0.4, 0.5) is 0 Å². The van der Waals surface area contributed by atoms with Crippen LogP contribution < -0.4 is 5.73 Å². The maximum Gasteiger partial charge on any atom is 0.178 e. The van der Waals surface area contributed by atoms with Crippen LogP contribution in [0.2, 0.25) is 0 Å². The summed E-state index contributed by atoms with van der Waals surface area (Å²) in [7, 11) is 0. The summed E-state index contributed by atoms with van der Waals surface area (Å²) >= 11 is 0. The number of fused-ring (bicyclic) bond motifs is 6. The van der Waals surface area contributed by atoms with Crippen LogP contribution in [0.3, 0.4) is 0 Å². The van der Waals surface area contributed by atoms with Gasteiger partial charge in [-0.1, -0.05) is 26.0 Å². The van der Waals surface area contributed by atoms with Crippen LogP contribution in [0.5, 0.6) is 0 Å². The molecule has 136 valence electrons. The molecule has 0 aromatic heterocycles. The molecule has 0 radical (unpaired) electrons. The number of rotatable bonds is 0. The van der Waals surface area contributed by atoms with Gasteiger partial charge in [0.1, 0.15) is 0 Å². The predicted molar refractivity (Wildman–Crippen MR) is 97.7 cm³/mol. The van der Waals surface area contributed by atoms with E-state index in [4.69, 9.17) is 10.5 Å². The first-order valence-corrected chi connectivity index (χ1v) is 10.3. The molecule has 1 unspecified atom stereocenters. The van der Waals surface area contributed by atoms with Gasteiger partial charge in [0.15, 0.2) is 5.78 Å². The van der Waals surface area contributed by atoms with Crippen LogP contribution in [-0.4, -0.2) is 18.0 Å². The molecule has 0 aromatic rings. The van der Waals surface area contributed by atoms with Gasteiger partial charge in [0.05, 0.1) is 11.3 Å². The van der Waals surface area contributed by atoms with Crippen molar-refractivity contribution in [2.24, 2.45) is 34.3 Å². The van der Waals surface area contributed by atoms with Gasteiger partial charge in [-0.25, -0.2) is 0 Å². The average molecular weight is 341 g/mol. The third-order valence-corrected chi connectivity index (χ3v) is 9.11. The van der Waals surface area contributed by atoms with Gasteiger partial charge in [0.2, 0.25) is 0 Å².